The van der Waals surface area contributed by atoms with Crippen LogP contribution < -0.4 is 5.73 Å². The Kier molecular flexibility index (Phi) is 6.80. The normalized spacial score (nSPS) is 21.4. The largest absolute Gasteiger partial charge is 0.469 e. The van der Waals surface area contributed by atoms with Gasteiger partial charge < -0.3 is 10.5 Å². The molecule has 0 bridgehead atoms. The summed E-state index contributed by atoms with van der Waals surface area (Å²) in [7, 11) is 1.47. The fourth-order valence-electron chi connectivity index (χ4n) is 2.72. The summed E-state index contributed by atoms with van der Waals surface area (Å²) in [6, 6.07) is 0.377. The minimum atomic E-state index is -0.0841. The summed E-state index contributed by atoms with van der Waals surface area (Å²) in [5.41, 5.74) is 5.99. The standard InChI is InChI=1S/C15H30N2O2/c1-15(2,12-16)8-6-10-17-9-5-4-7-13(17)11-14(18)19-3/h13H,4-12,16H2,1-3H3. The summed E-state index contributed by atoms with van der Waals surface area (Å²) >= 11 is 0. The molecule has 0 aromatic carbocycles. The fourth-order valence-corrected chi connectivity index (χ4v) is 2.72. The average Bonchev–Trinajstić information content (AvgIpc) is 2.40. The first-order valence-electron chi connectivity index (χ1n) is 7.49. The Morgan fingerprint density at radius 1 is 1.42 bits per heavy atom. The molecule has 1 atom stereocenters. The quantitative estimate of drug-likeness (QED) is 0.720. The van der Waals surface area contributed by atoms with Gasteiger partial charge in [-0.25, -0.2) is 0 Å². The molecular weight excluding hydrogens is 240 g/mol. The van der Waals surface area contributed by atoms with E-state index >= 15 is 0 Å². The topological polar surface area (TPSA) is 55.6 Å². The van der Waals surface area contributed by atoms with Crippen LogP contribution in [-0.4, -0.2) is 43.7 Å². The van der Waals surface area contributed by atoms with Gasteiger partial charge in [-0.05, 0) is 50.7 Å². The monoisotopic (exact) mass is 270 g/mol. The molecule has 2 N–H and O–H groups in total. The summed E-state index contributed by atoms with van der Waals surface area (Å²) in [6.07, 6.45) is 6.43. The van der Waals surface area contributed by atoms with E-state index in [1.807, 2.05) is 0 Å². The van der Waals surface area contributed by atoms with Crippen LogP contribution in [-0.2, 0) is 9.53 Å². The lowest BCUT2D eigenvalue weighted by molar-refractivity contribution is -0.142. The van der Waals surface area contributed by atoms with Gasteiger partial charge in [0.25, 0.3) is 0 Å². The molecule has 0 aromatic rings. The highest BCUT2D eigenvalue weighted by molar-refractivity contribution is 5.69. The first-order chi connectivity index (χ1) is 8.98. The van der Waals surface area contributed by atoms with Gasteiger partial charge in [-0.3, -0.25) is 9.69 Å². The van der Waals surface area contributed by atoms with E-state index in [9.17, 15) is 4.79 Å². The van der Waals surface area contributed by atoms with Crippen LogP contribution in [0.5, 0.6) is 0 Å². The van der Waals surface area contributed by atoms with Crippen LogP contribution in [0.3, 0.4) is 0 Å². The average molecular weight is 270 g/mol. The van der Waals surface area contributed by atoms with Gasteiger partial charge in [-0.2, -0.15) is 0 Å². The number of nitrogens with two attached hydrogens (primary N) is 1. The van der Waals surface area contributed by atoms with Gasteiger partial charge >= 0.3 is 5.97 Å². The number of nitrogens with zero attached hydrogens (tertiary/aromatic N) is 1. The highest BCUT2D eigenvalue weighted by Crippen LogP contribution is 2.24. The van der Waals surface area contributed by atoms with Crippen molar-refractivity contribution in [2.75, 3.05) is 26.7 Å². The Balaban J connectivity index is 2.38. The van der Waals surface area contributed by atoms with Crippen LogP contribution in [0.4, 0.5) is 0 Å². The van der Waals surface area contributed by atoms with Crippen molar-refractivity contribution >= 4 is 5.97 Å². The highest BCUT2D eigenvalue weighted by Gasteiger charge is 2.25. The lowest BCUT2D eigenvalue weighted by atomic mass is 9.87. The van der Waals surface area contributed by atoms with Crippen molar-refractivity contribution in [3.8, 4) is 0 Å². The molecular formula is C15H30N2O2. The number of hydrogen-bond acceptors (Lipinski definition) is 4. The minimum absolute atomic E-state index is 0.0841. The van der Waals surface area contributed by atoms with E-state index in [1.165, 1.54) is 20.0 Å². The van der Waals surface area contributed by atoms with Gasteiger partial charge in [-0.1, -0.05) is 20.3 Å². The van der Waals surface area contributed by atoms with Crippen LogP contribution >= 0.6 is 0 Å². The first-order valence-corrected chi connectivity index (χ1v) is 7.49. The van der Waals surface area contributed by atoms with Crippen molar-refractivity contribution in [1.29, 1.82) is 0 Å². The van der Waals surface area contributed by atoms with Crippen LogP contribution in [0.1, 0.15) is 52.4 Å². The van der Waals surface area contributed by atoms with Gasteiger partial charge in [0.1, 0.15) is 0 Å². The Bertz CT molecular complexity index is 279. The highest BCUT2D eigenvalue weighted by atomic mass is 16.5. The molecule has 0 saturated carbocycles. The summed E-state index contributed by atoms with van der Waals surface area (Å²) in [6.45, 7) is 7.36. The molecule has 1 aliphatic rings. The van der Waals surface area contributed by atoms with Gasteiger partial charge in [0.2, 0.25) is 0 Å². The number of likely N-dealkylation sites (tertiary alicyclic amines) is 1. The molecule has 19 heavy (non-hydrogen) atoms. The molecule has 1 unspecified atom stereocenters. The molecule has 1 heterocycles. The molecule has 0 radical (unpaired) electrons. The number of piperidine rings is 1. The lowest BCUT2D eigenvalue weighted by Crippen LogP contribution is -2.41. The van der Waals surface area contributed by atoms with Gasteiger partial charge in [0.15, 0.2) is 0 Å². The van der Waals surface area contributed by atoms with Crippen LogP contribution in [0.25, 0.3) is 0 Å². The molecule has 1 saturated heterocycles. The zero-order valence-corrected chi connectivity index (χ0v) is 12.8. The maximum absolute atomic E-state index is 11.4. The van der Waals surface area contributed by atoms with Crippen molar-refractivity contribution in [1.82, 2.24) is 4.90 Å². The maximum Gasteiger partial charge on any atom is 0.307 e. The van der Waals surface area contributed by atoms with Crippen molar-refractivity contribution in [2.24, 2.45) is 11.1 Å². The molecule has 1 rings (SSSR count). The van der Waals surface area contributed by atoms with E-state index in [1.54, 1.807) is 0 Å². The van der Waals surface area contributed by atoms with Crippen LogP contribution in [0, 0.1) is 5.41 Å². The van der Waals surface area contributed by atoms with Crippen molar-refractivity contribution in [3.63, 3.8) is 0 Å². The molecule has 0 aliphatic carbocycles. The number of carbonyl (C=O) groups is 1. The second kappa shape index (κ2) is 7.85. The summed E-state index contributed by atoms with van der Waals surface area (Å²) in [4.78, 5) is 13.9. The maximum atomic E-state index is 11.4. The zero-order valence-electron chi connectivity index (χ0n) is 12.8. The zero-order chi connectivity index (χ0) is 14.3. The third kappa shape index (κ3) is 5.91. The predicted molar refractivity (Wildman–Crippen MR) is 77.9 cm³/mol. The first kappa shape index (κ1) is 16.4. The molecule has 1 fully saturated rings. The third-order valence-electron chi connectivity index (χ3n) is 4.23. The number of rotatable bonds is 7. The van der Waals surface area contributed by atoms with E-state index in [4.69, 9.17) is 10.5 Å². The van der Waals surface area contributed by atoms with Crippen LogP contribution in [0.15, 0.2) is 0 Å². The molecule has 0 spiro atoms. The summed E-state index contributed by atoms with van der Waals surface area (Å²) in [5.74, 6) is -0.0841. The van der Waals surface area contributed by atoms with Gasteiger partial charge in [-0.15, -0.1) is 0 Å². The summed E-state index contributed by atoms with van der Waals surface area (Å²) in [5, 5.41) is 0. The van der Waals surface area contributed by atoms with Crippen molar-refractivity contribution < 1.29 is 9.53 Å². The fraction of sp³-hybridized carbons (Fsp3) is 0.933. The SMILES string of the molecule is COC(=O)CC1CCCCN1CCCC(C)(C)CN. The second-order valence-electron chi connectivity index (χ2n) is 6.44. The molecule has 4 heteroatoms. The number of ether oxygens (including phenoxy) is 1. The van der Waals surface area contributed by atoms with Gasteiger partial charge in [0, 0.05) is 6.04 Å². The minimum Gasteiger partial charge on any atom is -0.469 e. The third-order valence-corrected chi connectivity index (χ3v) is 4.23. The molecule has 1 aliphatic heterocycles. The van der Waals surface area contributed by atoms with Crippen LogP contribution in [0.2, 0.25) is 0 Å². The summed E-state index contributed by atoms with van der Waals surface area (Å²) < 4.78 is 4.80. The Labute approximate surface area is 117 Å². The number of carbonyl (C=O) groups excluding carboxylic acids is 1. The molecule has 4 nitrogen and oxygen atoms in total. The Morgan fingerprint density at radius 3 is 2.79 bits per heavy atom. The number of esters is 1. The predicted octanol–water partition coefficient (Wildman–Crippen LogP) is 2.17. The van der Waals surface area contributed by atoms with E-state index in [0.717, 1.165) is 38.9 Å². The number of hydrogen-bond donors (Lipinski definition) is 1. The smallest absolute Gasteiger partial charge is 0.307 e. The lowest BCUT2D eigenvalue weighted by Gasteiger charge is -2.36. The van der Waals surface area contributed by atoms with E-state index in [0.29, 0.717) is 12.5 Å². The number of methoxy groups -OCH3 is 1. The molecule has 0 aromatic heterocycles. The second-order valence-corrected chi connectivity index (χ2v) is 6.44. The van der Waals surface area contributed by atoms with E-state index in [-0.39, 0.29) is 11.4 Å². The van der Waals surface area contributed by atoms with E-state index < -0.39 is 0 Å². The van der Waals surface area contributed by atoms with Gasteiger partial charge in [0.05, 0.1) is 13.5 Å². The van der Waals surface area contributed by atoms with Crippen molar-refractivity contribution in [3.05, 3.63) is 0 Å². The van der Waals surface area contributed by atoms with Crippen molar-refractivity contribution in [2.45, 2.75) is 58.4 Å². The Hall–Kier alpha value is -0.610. The van der Waals surface area contributed by atoms with E-state index in [2.05, 4.69) is 18.7 Å². The molecule has 0 amide bonds. The Morgan fingerprint density at radius 2 is 2.16 bits per heavy atom. The molecule has 112 valence electrons.